The van der Waals surface area contributed by atoms with Gasteiger partial charge in [0.15, 0.2) is 0 Å². The first-order valence-electron chi connectivity index (χ1n) is 11.3. The number of aryl methyl sites for hydroxylation is 2. The van der Waals surface area contributed by atoms with E-state index in [0.717, 1.165) is 27.9 Å². The maximum absolute atomic E-state index is 13.1. The van der Waals surface area contributed by atoms with Crippen molar-refractivity contribution in [1.82, 2.24) is 20.3 Å². The minimum atomic E-state index is -0.387. The number of ether oxygens (including phenoxy) is 2. The van der Waals surface area contributed by atoms with Crippen molar-refractivity contribution in [1.29, 1.82) is 0 Å². The Labute approximate surface area is 213 Å². The molecule has 1 amide bonds. The van der Waals surface area contributed by atoms with Gasteiger partial charge < -0.3 is 14.5 Å². The number of amides is 1. The molecule has 0 saturated carbocycles. The maximum atomic E-state index is 13.1. The fourth-order valence-corrected chi connectivity index (χ4v) is 3.93. The molecule has 0 aliphatic heterocycles. The topological polar surface area (TPSA) is 114 Å². The van der Waals surface area contributed by atoms with Crippen LogP contribution >= 0.6 is 11.6 Å². The minimum Gasteiger partial charge on any atom is -0.497 e. The van der Waals surface area contributed by atoms with Gasteiger partial charge in [0, 0.05) is 51.7 Å². The highest BCUT2D eigenvalue weighted by Gasteiger charge is 2.14. The third-order valence-corrected chi connectivity index (χ3v) is 5.67. The van der Waals surface area contributed by atoms with Gasteiger partial charge in [-0.05, 0) is 62.2 Å². The fourth-order valence-electron chi connectivity index (χ4n) is 3.76. The summed E-state index contributed by atoms with van der Waals surface area (Å²) in [6.07, 6.45) is 2.57. The van der Waals surface area contributed by atoms with Crippen LogP contribution in [0, 0.1) is 13.8 Å². The van der Waals surface area contributed by atoms with Gasteiger partial charge in [-0.3, -0.25) is 20.4 Å². The summed E-state index contributed by atoms with van der Waals surface area (Å²) in [5.74, 6) is 1.18. The van der Waals surface area contributed by atoms with E-state index in [9.17, 15) is 4.79 Å². The molecule has 0 spiro atoms. The summed E-state index contributed by atoms with van der Waals surface area (Å²) < 4.78 is 10.6. The Balaban J connectivity index is 1.58. The van der Waals surface area contributed by atoms with Crippen molar-refractivity contribution in [3.63, 3.8) is 0 Å². The first-order valence-corrected chi connectivity index (χ1v) is 11.7. The number of halogens is 1. The number of aliphatic imine (C=N–C) groups is 1. The Morgan fingerprint density at radius 3 is 2.39 bits per heavy atom. The number of aromatic nitrogens is 3. The van der Waals surface area contributed by atoms with Crippen LogP contribution in [0.15, 0.2) is 53.7 Å². The molecule has 10 heteroatoms. The average molecular weight is 507 g/mol. The Kier molecular flexibility index (Phi) is 7.70. The van der Waals surface area contributed by atoms with Crippen LogP contribution in [0.3, 0.4) is 0 Å². The molecule has 0 aliphatic rings. The average Bonchev–Trinajstić information content (AvgIpc) is 3.24. The molecule has 0 atom stereocenters. The summed E-state index contributed by atoms with van der Waals surface area (Å²) in [4.78, 5) is 29.8. The molecule has 0 saturated heterocycles. The van der Waals surface area contributed by atoms with Crippen molar-refractivity contribution < 1.29 is 14.3 Å². The number of rotatable bonds is 7. The number of anilines is 1. The molecule has 4 rings (SSSR count). The molecule has 4 aromatic rings. The number of carbonyl (C=O) groups is 1. The number of carbonyl (C=O) groups excluding carboxylic acids is 1. The summed E-state index contributed by atoms with van der Waals surface area (Å²) in [6.45, 7) is 4.15. The van der Waals surface area contributed by atoms with Gasteiger partial charge in [0.1, 0.15) is 11.5 Å². The lowest BCUT2D eigenvalue weighted by Crippen LogP contribution is -2.37. The minimum absolute atomic E-state index is 0.227. The number of benzene rings is 2. The van der Waals surface area contributed by atoms with Gasteiger partial charge in [-0.1, -0.05) is 11.6 Å². The van der Waals surface area contributed by atoms with Crippen LogP contribution in [0.4, 0.5) is 5.95 Å². The first kappa shape index (κ1) is 25.0. The molecule has 2 aromatic heterocycles. The quantitative estimate of drug-likeness (QED) is 0.247. The second-order valence-corrected chi connectivity index (χ2v) is 8.58. The van der Waals surface area contributed by atoms with E-state index in [1.807, 2.05) is 44.3 Å². The van der Waals surface area contributed by atoms with Crippen molar-refractivity contribution in [3.05, 3.63) is 76.2 Å². The number of guanidine groups is 1. The normalized spacial score (nSPS) is 11.4. The van der Waals surface area contributed by atoms with E-state index in [2.05, 4.69) is 30.6 Å². The molecule has 9 nitrogen and oxygen atoms in total. The van der Waals surface area contributed by atoms with Gasteiger partial charge in [-0.25, -0.2) is 9.97 Å². The molecule has 2 heterocycles. The van der Waals surface area contributed by atoms with Crippen molar-refractivity contribution in [2.24, 2.45) is 4.99 Å². The van der Waals surface area contributed by atoms with Gasteiger partial charge in [-0.15, -0.1) is 0 Å². The third-order valence-electron chi connectivity index (χ3n) is 5.44. The number of methoxy groups -OCH3 is 2. The zero-order valence-electron chi connectivity index (χ0n) is 20.5. The van der Waals surface area contributed by atoms with E-state index >= 15 is 0 Å². The van der Waals surface area contributed by atoms with Crippen LogP contribution in [-0.4, -0.2) is 47.6 Å². The van der Waals surface area contributed by atoms with Crippen molar-refractivity contribution >= 4 is 40.3 Å². The zero-order valence-corrected chi connectivity index (χ0v) is 21.2. The fraction of sp³-hybridized carbons (Fsp3) is 0.231. The lowest BCUT2D eigenvalue weighted by atomic mass is 10.1. The van der Waals surface area contributed by atoms with Gasteiger partial charge >= 0.3 is 0 Å². The highest BCUT2D eigenvalue weighted by Crippen LogP contribution is 2.23. The van der Waals surface area contributed by atoms with Crippen LogP contribution in [0.25, 0.3) is 10.9 Å². The Bertz CT molecular complexity index is 1390. The highest BCUT2D eigenvalue weighted by atomic mass is 35.5. The van der Waals surface area contributed by atoms with Crippen molar-refractivity contribution in [2.75, 3.05) is 26.1 Å². The Morgan fingerprint density at radius 2 is 1.72 bits per heavy atom. The smallest absolute Gasteiger partial charge is 0.258 e. The lowest BCUT2D eigenvalue weighted by Gasteiger charge is -2.13. The number of H-pyrrole nitrogens is 1. The van der Waals surface area contributed by atoms with Crippen LogP contribution in [-0.2, 0) is 6.42 Å². The maximum Gasteiger partial charge on any atom is 0.258 e. The molecule has 3 N–H and O–H groups in total. The molecule has 0 radical (unpaired) electrons. The van der Waals surface area contributed by atoms with E-state index in [4.69, 9.17) is 21.1 Å². The third kappa shape index (κ3) is 6.11. The zero-order chi connectivity index (χ0) is 25.7. The number of hydrogen-bond donors (Lipinski definition) is 3. The van der Waals surface area contributed by atoms with Crippen molar-refractivity contribution in [3.8, 4) is 11.5 Å². The molecule has 0 bridgehead atoms. The molecular formula is C26H27ClN6O3. The van der Waals surface area contributed by atoms with Crippen LogP contribution < -0.4 is 20.1 Å². The van der Waals surface area contributed by atoms with Crippen LogP contribution in [0.5, 0.6) is 11.5 Å². The van der Waals surface area contributed by atoms with E-state index in [1.54, 1.807) is 18.2 Å². The molecule has 186 valence electrons. The predicted molar refractivity (Wildman–Crippen MR) is 141 cm³/mol. The van der Waals surface area contributed by atoms with Crippen LogP contribution in [0.1, 0.15) is 27.3 Å². The predicted octanol–water partition coefficient (Wildman–Crippen LogP) is 4.69. The Hall–Kier alpha value is -4.11. The van der Waals surface area contributed by atoms with E-state index in [1.165, 1.54) is 14.2 Å². The largest absolute Gasteiger partial charge is 0.497 e. The number of nitrogens with zero attached hydrogens (tertiary/aromatic N) is 3. The van der Waals surface area contributed by atoms with Crippen molar-refractivity contribution in [2.45, 2.75) is 20.3 Å². The SMILES string of the molecule is COc1cc(OC)cc(C(=O)NC(=NCCc2c[nH]c3ccc(Cl)cc23)Nc2nc(C)cc(C)n2)c1. The second kappa shape index (κ2) is 11.1. The summed E-state index contributed by atoms with van der Waals surface area (Å²) in [5, 5.41) is 7.59. The van der Waals surface area contributed by atoms with Gasteiger partial charge in [0.25, 0.3) is 5.91 Å². The van der Waals surface area contributed by atoms with Crippen LogP contribution in [0.2, 0.25) is 5.02 Å². The van der Waals surface area contributed by atoms with E-state index < -0.39 is 0 Å². The monoisotopic (exact) mass is 506 g/mol. The number of fused-ring (bicyclic) bond motifs is 1. The molecule has 2 aromatic carbocycles. The lowest BCUT2D eigenvalue weighted by molar-refractivity contribution is 0.0976. The number of hydrogen-bond acceptors (Lipinski definition) is 6. The van der Waals surface area contributed by atoms with Gasteiger partial charge in [-0.2, -0.15) is 0 Å². The summed E-state index contributed by atoms with van der Waals surface area (Å²) in [5.41, 5.74) is 4.02. The molecule has 0 unspecified atom stereocenters. The first-order chi connectivity index (χ1) is 17.3. The van der Waals surface area contributed by atoms with E-state index in [0.29, 0.717) is 41.0 Å². The Morgan fingerprint density at radius 1 is 1.03 bits per heavy atom. The summed E-state index contributed by atoms with van der Waals surface area (Å²) in [6, 6.07) is 12.5. The summed E-state index contributed by atoms with van der Waals surface area (Å²) >= 11 is 6.18. The number of aromatic amines is 1. The standard InChI is InChI=1S/C26H27ClN6O3/c1-15-9-16(2)31-26(30-15)33-25(32-24(34)18-10-20(35-3)13-21(11-18)36-4)28-8-7-17-14-29-23-6-5-19(27)12-22(17)23/h5-6,9-14,29H,7-8H2,1-4H3,(H2,28,30,31,32,33,34). The molecule has 36 heavy (non-hydrogen) atoms. The highest BCUT2D eigenvalue weighted by molar-refractivity contribution is 6.31. The molecule has 0 fully saturated rings. The molecular weight excluding hydrogens is 480 g/mol. The van der Waals surface area contributed by atoms with Gasteiger partial charge in [0.2, 0.25) is 11.9 Å². The number of nitrogens with one attached hydrogen (secondary N) is 3. The van der Waals surface area contributed by atoms with E-state index in [-0.39, 0.29) is 11.9 Å². The molecule has 0 aliphatic carbocycles. The van der Waals surface area contributed by atoms with Gasteiger partial charge in [0.05, 0.1) is 14.2 Å². The second-order valence-electron chi connectivity index (χ2n) is 8.14. The summed E-state index contributed by atoms with van der Waals surface area (Å²) in [7, 11) is 3.06.